The van der Waals surface area contributed by atoms with Gasteiger partial charge in [0.05, 0.1) is 7.11 Å². The SMILES string of the molecule is COc1ccc(CC2(F)OCN(c3ccc(Cl)cc3)C2C(=O)C=O)cc1. The van der Waals surface area contributed by atoms with Crippen molar-refractivity contribution < 1.29 is 23.5 Å². The van der Waals surface area contributed by atoms with Crippen molar-refractivity contribution in [2.24, 2.45) is 0 Å². The fraction of sp³-hybridized carbons (Fsp3) is 0.263. The number of alkyl halides is 1. The Morgan fingerprint density at radius 2 is 1.96 bits per heavy atom. The fourth-order valence-corrected chi connectivity index (χ4v) is 3.15. The number of benzene rings is 2. The van der Waals surface area contributed by atoms with Gasteiger partial charge in [0.1, 0.15) is 12.5 Å². The van der Waals surface area contributed by atoms with Crippen molar-refractivity contribution in [1.29, 1.82) is 0 Å². The summed E-state index contributed by atoms with van der Waals surface area (Å²) in [6.07, 6.45) is -0.0457. The van der Waals surface area contributed by atoms with Crippen LogP contribution < -0.4 is 9.64 Å². The predicted octanol–water partition coefficient (Wildman–Crippen LogP) is 3.19. The van der Waals surface area contributed by atoms with E-state index in [2.05, 4.69) is 0 Å². The Labute approximate surface area is 155 Å². The van der Waals surface area contributed by atoms with Crippen LogP contribution in [0, 0.1) is 0 Å². The highest BCUT2D eigenvalue weighted by molar-refractivity contribution is 6.30. The van der Waals surface area contributed by atoms with Crippen LogP contribution in [-0.4, -0.2) is 37.8 Å². The summed E-state index contributed by atoms with van der Waals surface area (Å²) in [7, 11) is 1.54. The Bertz CT molecular complexity index is 796. The van der Waals surface area contributed by atoms with Crippen molar-refractivity contribution in [3.63, 3.8) is 0 Å². The Balaban J connectivity index is 1.90. The molecule has 2 aromatic carbocycles. The summed E-state index contributed by atoms with van der Waals surface area (Å²) in [5.41, 5.74) is 1.17. The van der Waals surface area contributed by atoms with Gasteiger partial charge in [0.25, 0.3) is 0 Å². The van der Waals surface area contributed by atoms with E-state index in [1.807, 2.05) is 0 Å². The van der Waals surface area contributed by atoms with Crippen LogP contribution in [0.5, 0.6) is 5.75 Å². The molecule has 1 aliphatic heterocycles. The van der Waals surface area contributed by atoms with Crippen molar-refractivity contribution in [3.05, 3.63) is 59.1 Å². The normalized spacial score (nSPS) is 22.3. The summed E-state index contributed by atoms with van der Waals surface area (Å²) in [6.45, 7) is -0.154. The van der Waals surface area contributed by atoms with Crippen LogP contribution in [0.1, 0.15) is 5.56 Å². The molecular formula is C19H17ClFNO4. The Morgan fingerprint density at radius 1 is 1.31 bits per heavy atom. The molecule has 0 radical (unpaired) electrons. The molecule has 0 amide bonds. The largest absolute Gasteiger partial charge is 0.497 e. The highest BCUT2D eigenvalue weighted by Gasteiger charge is 2.53. The summed E-state index contributed by atoms with van der Waals surface area (Å²) >= 11 is 5.88. The highest BCUT2D eigenvalue weighted by Crippen LogP contribution is 2.37. The predicted molar refractivity (Wildman–Crippen MR) is 95.3 cm³/mol. The number of carbonyl (C=O) groups is 2. The van der Waals surface area contributed by atoms with Gasteiger partial charge in [-0.25, -0.2) is 4.39 Å². The van der Waals surface area contributed by atoms with Crippen LogP contribution in [0.25, 0.3) is 0 Å². The third-order valence-corrected chi connectivity index (χ3v) is 4.56. The first kappa shape index (κ1) is 18.4. The topological polar surface area (TPSA) is 55.8 Å². The summed E-state index contributed by atoms with van der Waals surface area (Å²) in [5, 5.41) is 0.511. The third kappa shape index (κ3) is 3.57. The Kier molecular flexibility index (Phi) is 5.25. The number of hydrogen-bond acceptors (Lipinski definition) is 5. The molecule has 0 spiro atoms. The molecule has 0 aliphatic carbocycles. The number of ketones is 1. The number of anilines is 1. The summed E-state index contributed by atoms with van der Waals surface area (Å²) in [4.78, 5) is 24.7. The van der Waals surface area contributed by atoms with E-state index in [1.54, 1.807) is 48.5 Å². The van der Waals surface area contributed by atoms with Crippen molar-refractivity contribution >= 4 is 29.4 Å². The van der Waals surface area contributed by atoms with Gasteiger partial charge in [-0.3, -0.25) is 9.59 Å². The van der Waals surface area contributed by atoms with Gasteiger partial charge in [0.15, 0.2) is 12.3 Å². The van der Waals surface area contributed by atoms with Gasteiger partial charge < -0.3 is 14.4 Å². The second-order valence-corrected chi connectivity index (χ2v) is 6.39. The lowest BCUT2D eigenvalue weighted by Crippen LogP contribution is -2.50. The maximum Gasteiger partial charge on any atom is 0.243 e. The molecule has 0 N–H and O–H groups in total. The van der Waals surface area contributed by atoms with E-state index in [-0.39, 0.29) is 19.4 Å². The van der Waals surface area contributed by atoms with Gasteiger partial charge in [-0.05, 0) is 42.0 Å². The van der Waals surface area contributed by atoms with Crippen LogP contribution in [0.4, 0.5) is 10.1 Å². The summed E-state index contributed by atoms with van der Waals surface area (Å²) in [5.74, 6) is -2.57. The van der Waals surface area contributed by atoms with Gasteiger partial charge in [0.2, 0.25) is 11.6 Å². The molecule has 7 heteroatoms. The maximum atomic E-state index is 15.6. The van der Waals surface area contributed by atoms with E-state index in [0.29, 0.717) is 22.0 Å². The lowest BCUT2D eigenvalue weighted by atomic mass is 9.96. The Hall–Kier alpha value is -2.44. The minimum absolute atomic E-state index is 0.130. The molecular weight excluding hydrogens is 361 g/mol. The van der Waals surface area contributed by atoms with Crippen molar-refractivity contribution in [2.75, 3.05) is 18.7 Å². The van der Waals surface area contributed by atoms with Crippen molar-refractivity contribution in [1.82, 2.24) is 0 Å². The summed E-state index contributed by atoms with van der Waals surface area (Å²) < 4.78 is 26.0. The minimum Gasteiger partial charge on any atom is -0.497 e. The monoisotopic (exact) mass is 377 g/mol. The first-order valence-corrected chi connectivity index (χ1v) is 8.31. The van der Waals surface area contributed by atoms with Crippen LogP contribution in [0.3, 0.4) is 0 Å². The lowest BCUT2D eigenvalue weighted by molar-refractivity contribution is -0.144. The van der Waals surface area contributed by atoms with Crippen LogP contribution in [0.15, 0.2) is 48.5 Å². The molecule has 3 rings (SSSR count). The fourth-order valence-electron chi connectivity index (χ4n) is 3.02. The number of methoxy groups -OCH3 is 1. The second-order valence-electron chi connectivity index (χ2n) is 5.95. The quantitative estimate of drug-likeness (QED) is 0.571. The third-order valence-electron chi connectivity index (χ3n) is 4.31. The maximum absolute atomic E-state index is 15.6. The number of Topliss-reactive ketones (excluding diaryl/α,β-unsaturated/α-hetero) is 1. The van der Waals surface area contributed by atoms with E-state index in [0.717, 1.165) is 0 Å². The molecule has 2 aromatic rings. The van der Waals surface area contributed by atoms with Gasteiger partial charge in [-0.15, -0.1) is 0 Å². The number of aldehydes is 1. The van der Waals surface area contributed by atoms with Crippen molar-refractivity contribution in [2.45, 2.75) is 18.3 Å². The molecule has 26 heavy (non-hydrogen) atoms. The molecule has 2 unspecified atom stereocenters. The van der Waals surface area contributed by atoms with E-state index in [1.165, 1.54) is 12.0 Å². The number of halogens is 2. The average molecular weight is 378 g/mol. The number of hydrogen-bond donors (Lipinski definition) is 0. The zero-order chi connectivity index (χ0) is 18.7. The van der Waals surface area contributed by atoms with E-state index >= 15 is 4.39 Å². The smallest absolute Gasteiger partial charge is 0.243 e. The van der Waals surface area contributed by atoms with Gasteiger partial charge >= 0.3 is 0 Å². The molecule has 1 aliphatic rings. The molecule has 0 saturated carbocycles. The Morgan fingerprint density at radius 3 is 2.54 bits per heavy atom. The molecule has 1 fully saturated rings. The molecule has 0 aromatic heterocycles. The van der Waals surface area contributed by atoms with E-state index < -0.39 is 17.7 Å². The standard InChI is InChI=1S/C19H17ClFNO4/c1-25-16-8-2-13(3-9-16)10-19(21)18(17(24)11-23)22(12-26-19)15-6-4-14(20)5-7-15/h2-9,11,18H,10,12H2,1H3. The van der Waals surface area contributed by atoms with Crippen LogP contribution >= 0.6 is 11.6 Å². The first-order valence-electron chi connectivity index (χ1n) is 7.94. The zero-order valence-electron chi connectivity index (χ0n) is 14.0. The van der Waals surface area contributed by atoms with Gasteiger partial charge in [0, 0.05) is 17.1 Å². The van der Waals surface area contributed by atoms with E-state index in [9.17, 15) is 9.59 Å². The molecule has 136 valence electrons. The summed E-state index contributed by atoms with van der Waals surface area (Å²) in [6, 6.07) is 12.0. The van der Waals surface area contributed by atoms with Crippen molar-refractivity contribution in [3.8, 4) is 5.75 Å². The minimum atomic E-state index is -2.33. The van der Waals surface area contributed by atoms with Crippen LogP contribution in [-0.2, 0) is 20.7 Å². The zero-order valence-corrected chi connectivity index (χ0v) is 14.8. The van der Waals surface area contributed by atoms with Gasteiger partial charge in [-0.2, -0.15) is 0 Å². The average Bonchev–Trinajstić information content (AvgIpc) is 2.99. The number of ether oxygens (including phenoxy) is 2. The second kappa shape index (κ2) is 7.43. The lowest BCUT2D eigenvalue weighted by Gasteiger charge is -2.28. The number of carbonyl (C=O) groups excluding carboxylic acids is 2. The number of nitrogens with zero attached hydrogens (tertiary/aromatic N) is 1. The molecule has 1 saturated heterocycles. The number of rotatable bonds is 6. The molecule has 5 nitrogen and oxygen atoms in total. The molecule has 0 bridgehead atoms. The highest BCUT2D eigenvalue weighted by atomic mass is 35.5. The van der Waals surface area contributed by atoms with E-state index in [4.69, 9.17) is 21.1 Å². The first-order chi connectivity index (χ1) is 12.5. The van der Waals surface area contributed by atoms with Gasteiger partial charge in [-0.1, -0.05) is 23.7 Å². The molecule has 1 heterocycles. The van der Waals surface area contributed by atoms with Crippen LogP contribution in [0.2, 0.25) is 5.02 Å². The molecule has 2 atom stereocenters.